The van der Waals surface area contributed by atoms with Gasteiger partial charge in [-0.15, -0.1) is 0 Å². The Labute approximate surface area is 125 Å². The van der Waals surface area contributed by atoms with E-state index in [1.54, 1.807) is 6.20 Å². The van der Waals surface area contributed by atoms with Crippen molar-refractivity contribution in [3.05, 3.63) is 48.2 Å². The smallest absolute Gasteiger partial charge is 0.184 e. The molecule has 0 saturated heterocycles. The molecule has 0 radical (unpaired) electrons. The lowest BCUT2D eigenvalue weighted by Crippen LogP contribution is -2.25. The van der Waals surface area contributed by atoms with E-state index in [9.17, 15) is 5.21 Å². The topological polar surface area (TPSA) is 51.4 Å². The highest BCUT2D eigenvalue weighted by molar-refractivity contribution is 5.52. The maximum atomic E-state index is 9.74. The molecule has 1 unspecified atom stereocenters. The Hall–Kier alpha value is -2.14. The summed E-state index contributed by atoms with van der Waals surface area (Å²) in [7, 11) is 0. The number of allylic oxidation sites excluding steroid dienone is 2. The minimum absolute atomic E-state index is 0.462. The molecular formula is C16H22N4O. The van der Waals surface area contributed by atoms with Gasteiger partial charge in [-0.05, 0) is 56.7 Å². The van der Waals surface area contributed by atoms with Gasteiger partial charge in [0.15, 0.2) is 6.17 Å². The molecule has 1 aliphatic heterocycles. The predicted octanol–water partition coefficient (Wildman–Crippen LogP) is 4.11. The highest BCUT2D eigenvalue weighted by atomic mass is 16.5. The lowest BCUT2D eigenvalue weighted by molar-refractivity contribution is -0.0656. The molecule has 2 rings (SSSR count). The second-order valence-corrected chi connectivity index (χ2v) is 4.93. The standard InChI is InChI=1S/C16H22N4O/c1-4-19(5-2)15-9-7-14(8-10-15)17-18-16-11-6-13(3)12-20(16)21/h6-12,16,21H,4-5H2,1-3H3. The van der Waals surface area contributed by atoms with Crippen LogP contribution in [0.25, 0.3) is 0 Å². The van der Waals surface area contributed by atoms with Crippen molar-refractivity contribution >= 4 is 11.4 Å². The Morgan fingerprint density at radius 1 is 1.19 bits per heavy atom. The van der Waals surface area contributed by atoms with Crippen molar-refractivity contribution in [1.82, 2.24) is 5.06 Å². The van der Waals surface area contributed by atoms with Crippen molar-refractivity contribution < 1.29 is 5.21 Å². The summed E-state index contributed by atoms with van der Waals surface area (Å²) in [5.74, 6) is 0. The average Bonchev–Trinajstić information content (AvgIpc) is 2.49. The van der Waals surface area contributed by atoms with E-state index in [0.717, 1.165) is 29.4 Å². The summed E-state index contributed by atoms with van der Waals surface area (Å²) in [6, 6.07) is 7.96. The van der Waals surface area contributed by atoms with E-state index in [4.69, 9.17) is 0 Å². The molecule has 0 aromatic heterocycles. The number of rotatable bonds is 5. The average molecular weight is 286 g/mol. The van der Waals surface area contributed by atoms with Crippen LogP contribution in [0.4, 0.5) is 11.4 Å². The van der Waals surface area contributed by atoms with Gasteiger partial charge in [0.25, 0.3) is 0 Å². The van der Waals surface area contributed by atoms with Gasteiger partial charge in [0.1, 0.15) is 0 Å². The first-order chi connectivity index (χ1) is 10.1. The fourth-order valence-electron chi connectivity index (χ4n) is 2.19. The fraction of sp³-hybridized carbons (Fsp3) is 0.375. The molecular weight excluding hydrogens is 264 g/mol. The lowest BCUT2D eigenvalue weighted by Gasteiger charge is -2.21. The number of anilines is 1. The zero-order valence-corrected chi connectivity index (χ0v) is 12.8. The zero-order valence-electron chi connectivity index (χ0n) is 12.8. The first-order valence-corrected chi connectivity index (χ1v) is 7.23. The van der Waals surface area contributed by atoms with E-state index in [2.05, 4.69) is 29.0 Å². The molecule has 1 aromatic rings. The number of azo groups is 1. The second-order valence-electron chi connectivity index (χ2n) is 4.93. The normalized spacial score (nSPS) is 18.2. The molecule has 5 nitrogen and oxygen atoms in total. The highest BCUT2D eigenvalue weighted by Crippen LogP contribution is 2.21. The molecule has 0 aliphatic carbocycles. The van der Waals surface area contributed by atoms with Crippen LogP contribution in [0.15, 0.2) is 58.4 Å². The Bertz CT molecular complexity index is 544. The van der Waals surface area contributed by atoms with Crippen molar-refractivity contribution in [3.8, 4) is 0 Å². The van der Waals surface area contributed by atoms with E-state index in [1.165, 1.54) is 5.69 Å². The molecule has 5 heteroatoms. The zero-order chi connectivity index (χ0) is 15.2. The lowest BCUT2D eigenvalue weighted by atomic mass is 10.2. The molecule has 0 bridgehead atoms. The minimum Gasteiger partial charge on any atom is -0.372 e. The van der Waals surface area contributed by atoms with Crippen LogP contribution in [-0.2, 0) is 0 Å². The number of nitrogens with zero attached hydrogens (tertiary/aromatic N) is 4. The van der Waals surface area contributed by atoms with Crippen molar-refractivity contribution in [3.63, 3.8) is 0 Å². The third kappa shape index (κ3) is 3.92. The summed E-state index contributed by atoms with van der Waals surface area (Å²) in [6.07, 6.45) is 4.90. The summed E-state index contributed by atoms with van der Waals surface area (Å²) in [6.45, 7) is 8.15. The molecule has 1 N–H and O–H groups in total. The molecule has 0 spiro atoms. The van der Waals surface area contributed by atoms with Gasteiger partial charge in [0.2, 0.25) is 0 Å². The SMILES string of the molecule is CCN(CC)c1ccc(N=NC2C=CC(C)=CN2O)cc1. The quantitative estimate of drug-likeness (QED) is 0.829. The van der Waals surface area contributed by atoms with Crippen LogP contribution >= 0.6 is 0 Å². The van der Waals surface area contributed by atoms with Gasteiger partial charge in [0.05, 0.1) is 5.69 Å². The minimum atomic E-state index is -0.462. The largest absolute Gasteiger partial charge is 0.372 e. The van der Waals surface area contributed by atoms with E-state index >= 15 is 0 Å². The monoisotopic (exact) mass is 286 g/mol. The molecule has 112 valence electrons. The summed E-state index contributed by atoms with van der Waals surface area (Å²) in [4.78, 5) is 2.27. The van der Waals surface area contributed by atoms with Crippen LogP contribution in [0, 0.1) is 0 Å². The molecule has 1 atom stereocenters. The Balaban J connectivity index is 2.04. The van der Waals surface area contributed by atoms with Gasteiger partial charge in [0, 0.05) is 25.0 Å². The van der Waals surface area contributed by atoms with Crippen LogP contribution in [0.2, 0.25) is 0 Å². The van der Waals surface area contributed by atoms with Gasteiger partial charge in [-0.1, -0.05) is 6.08 Å². The molecule has 1 aromatic carbocycles. The number of hydrogen-bond acceptors (Lipinski definition) is 5. The Kier molecular flexibility index (Phi) is 5.11. The first-order valence-electron chi connectivity index (χ1n) is 7.23. The molecule has 1 heterocycles. The fourth-order valence-corrected chi connectivity index (χ4v) is 2.19. The van der Waals surface area contributed by atoms with Crippen molar-refractivity contribution in [2.75, 3.05) is 18.0 Å². The Morgan fingerprint density at radius 2 is 1.86 bits per heavy atom. The van der Waals surface area contributed by atoms with Gasteiger partial charge in [-0.3, -0.25) is 5.21 Å². The number of hydroxylamine groups is 2. The van der Waals surface area contributed by atoms with Gasteiger partial charge in [-0.25, -0.2) is 5.06 Å². The molecule has 0 amide bonds. The molecule has 1 aliphatic rings. The number of benzene rings is 1. The first kappa shape index (κ1) is 15.3. The van der Waals surface area contributed by atoms with Crippen LogP contribution < -0.4 is 4.90 Å². The maximum absolute atomic E-state index is 9.74. The summed E-state index contributed by atoms with van der Waals surface area (Å²) in [5.41, 5.74) is 2.94. The maximum Gasteiger partial charge on any atom is 0.184 e. The summed E-state index contributed by atoms with van der Waals surface area (Å²) >= 11 is 0. The number of hydrogen-bond donors (Lipinski definition) is 1. The van der Waals surface area contributed by atoms with E-state index in [-0.39, 0.29) is 0 Å². The van der Waals surface area contributed by atoms with Crippen LogP contribution in [0.1, 0.15) is 20.8 Å². The summed E-state index contributed by atoms with van der Waals surface area (Å²) < 4.78 is 0. The van der Waals surface area contributed by atoms with E-state index < -0.39 is 6.17 Å². The third-order valence-corrected chi connectivity index (χ3v) is 3.41. The molecule has 21 heavy (non-hydrogen) atoms. The highest BCUT2D eigenvalue weighted by Gasteiger charge is 2.12. The van der Waals surface area contributed by atoms with E-state index in [1.807, 2.05) is 43.3 Å². The van der Waals surface area contributed by atoms with Gasteiger partial charge in [-0.2, -0.15) is 10.2 Å². The Morgan fingerprint density at radius 3 is 2.43 bits per heavy atom. The predicted molar refractivity (Wildman–Crippen MR) is 84.8 cm³/mol. The second kappa shape index (κ2) is 7.04. The van der Waals surface area contributed by atoms with Crippen LogP contribution in [0.5, 0.6) is 0 Å². The summed E-state index contributed by atoms with van der Waals surface area (Å²) in [5, 5.41) is 19.1. The van der Waals surface area contributed by atoms with Crippen molar-refractivity contribution in [1.29, 1.82) is 0 Å². The molecule has 0 fully saturated rings. The van der Waals surface area contributed by atoms with E-state index in [0.29, 0.717) is 0 Å². The van der Waals surface area contributed by atoms with Crippen molar-refractivity contribution in [2.45, 2.75) is 26.9 Å². The third-order valence-electron chi connectivity index (χ3n) is 3.41. The van der Waals surface area contributed by atoms with Crippen molar-refractivity contribution in [2.24, 2.45) is 10.2 Å². The molecule has 0 saturated carbocycles. The van der Waals surface area contributed by atoms with Gasteiger partial charge >= 0.3 is 0 Å². The van der Waals surface area contributed by atoms with Gasteiger partial charge < -0.3 is 4.90 Å². The van der Waals surface area contributed by atoms with Crippen LogP contribution in [-0.4, -0.2) is 29.5 Å². The van der Waals surface area contributed by atoms with Crippen LogP contribution in [0.3, 0.4) is 0 Å².